The Morgan fingerprint density at radius 3 is 2.17 bits per heavy atom. The van der Waals surface area contributed by atoms with Crippen molar-refractivity contribution in [1.29, 1.82) is 5.26 Å². The number of nitriles is 1. The van der Waals surface area contributed by atoms with Crippen molar-refractivity contribution < 1.29 is 4.79 Å². The first-order valence-corrected chi connectivity index (χ1v) is 10.1. The van der Waals surface area contributed by atoms with Gasteiger partial charge in [-0.1, -0.05) is 30.3 Å². The van der Waals surface area contributed by atoms with Gasteiger partial charge in [0, 0.05) is 43.1 Å². The molecular formula is C25H24N4O. The molecule has 1 amide bonds. The first-order valence-electron chi connectivity index (χ1n) is 10.1. The second-order valence-corrected chi connectivity index (χ2v) is 7.56. The molecule has 0 bridgehead atoms. The summed E-state index contributed by atoms with van der Waals surface area (Å²) in [6, 6.07) is 25.1. The Bertz CT molecular complexity index is 1060. The highest BCUT2D eigenvalue weighted by atomic mass is 16.1. The second kappa shape index (κ2) is 8.81. The SMILES string of the molecule is CN1CCN(c2cccc(NC(=O)c3ccc(-c4ccc(C#N)cc4)cc3)c2)CC1. The first-order chi connectivity index (χ1) is 14.6. The Balaban J connectivity index is 1.43. The summed E-state index contributed by atoms with van der Waals surface area (Å²) >= 11 is 0. The first kappa shape index (κ1) is 19.7. The zero-order valence-electron chi connectivity index (χ0n) is 17.0. The van der Waals surface area contributed by atoms with Crippen molar-refractivity contribution in [3.63, 3.8) is 0 Å². The molecule has 0 aromatic heterocycles. The van der Waals surface area contributed by atoms with Crippen LogP contribution in [0.25, 0.3) is 11.1 Å². The number of rotatable bonds is 4. The molecule has 1 aliphatic rings. The lowest BCUT2D eigenvalue weighted by atomic mass is 10.0. The Hall–Kier alpha value is -3.62. The molecule has 0 aliphatic carbocycles. The molecule has 0 spiro atoms. The number of nitrogens with one attached hydrogen (secondary N) is 1. The highest BCUT2D eigenvalue weighted by Crippen LogP contribution is 2.23. The number of carbonyl (C=O) groups excluding carboxylic acids is 1. The number of nitrogens with zero attached hydrogens (tertiary/aromatic N) is 3. The van der Waals surface area contributed by atoms with E-state index < -0.39 is 0 Å². The lowest BCUT2D eigenvalue weighted by Gasteiger charge is -2.34. The van der Waals surface area contributed by atoms with Crippen LogP contribution in [-0.2, 0) is 0 Å². The molecule has 30 heavy (non-hydrogen) atoms. The zero-order chi connectivity index (χ0) is 20.9. The molecule has 0 radical (unpaired) electrons. The number of piperazine rings is 1. The summed E-state index contributed by atoms with van der Waals surface area (Å²) in [5.74, 6) is -0.128. The average molecular weight is 396 g/mol. The zero-order valence-corrected chi connectivity index (χ0v) is 17.0. The molecule has 4 rings (SSSR count). The minimum Gasteiger partial charge on any atom is -0.369 e. The molecule has 1 fully saturated rings. The summed E-state index contributed by atoms with van der Waals surface area (Å²) in [7, 11) is 2.14. The van der Waals surface area contributed by atoms with Crippen LogP contribution in [0.1, 0.15) is 15.9 Å². The Kier molecular flexibility index (Phi) is 5.78. The number of likely N-dealkylation sites (N-methyl/N-ethyl adjacent to an activating group) is 1. The van der Waals surface area contributed by atoms with Crippen molar-refractivity contribution in [2.24, 2.45) is 0 Å². The van der Waals surface area contributed by atoms with Crippen LogP contribution in [0.5, 0.6) is 0 Å². The summed E-state index contributed by atoms with van der Waals surface area (Å²) in [6.45, 7) is 4.07. The van der Waals surface area contributed by atoms with Crippen LogP contribution in [0, 0.1) is 11.3 Å². The molecule has 5 heteroatoms. The Morgan fingerprint density at radius 1 is 0.900 bits per heavy atom. The van der Waals surface area contributed by atoms with Crippen molar-refractivity contribution in [1.82, 2.24) is 4.90 Å². The van der Waals surface area contributed by atoms with Crippen LogP contribution in [-0.4, -0.2) is 44.0 Å². The monoisotopic (exact) mass is 396 g/mol. The van der Waals surface area contributed by atoms with Gasteiger partial charge in [-0.3, -0.25) is 4.79 Å². The maximum absolute atomic E-state index is 12.7. The summed E-state index contributed by atoms with van der Waals surface area (Å²) < 4.78 is 0. The van der Waals surface area contributed by atoms with Crippen LogP contribution in [0.4, 0.5) is 11.4 Å². The van der Waals surface area contributed by atoms with E-state index in [-0.39, 0.29) is 5.91 Å². The average Bonchev–Trinajstić information content (AvgIpc) is 2.80. The molecule has 1 saturated heterocycles. The number of hydrogen-bond donors (Lipinski definition) is 1. The Morgan fingerprint density at radius 2 is 1.53 bits per heavy atom. The van der Waals surface area contributed by atoms with Gasteiger partial charge in [0.25, 0.3) is 5.91 Å². The molecular weight excluding hydrogens is 372 g/mol. The van der Waals surface area contributed by atoms with Crippen LogP contribution < -0.4 is 10.2 Å². The van der Waals surface area contributed by atoms with E-state index in [2.05, 4.69) is 34.3 Å². The number of amides is 1. The van der Waals surface area contributed by atoms with Gasteiger partial charge in [-0.25, -0.2) is 0 Å². The Labute approximate surface area is 177 Å². The largest absolute Gasteiger partial charge is 0.369 e. The minimum atomic E-state index is -0.128. The van der Waals surface area contributed by atoms with E-state index in [1.54, 1.807) is 12.1 Å². The fourth-order valence-corrected chi connectivity index (χ4v) is 3.60. The maximum atomic E-state index is 12.7. The standard InChI is InChI=1S/C25H24N4O/c1-28-13-15-29(16-14-28)24-4-2-3-23(17-24)27-25(30)22-11-9-21(10-12-22)20-7-5-19(18-26)6-8-20/h2-12,17H,13-16H2,1H3,(H,27,30). The molecule has 150 valence electrons. The van der Waals surface area contributed by atoms with Gasteiger partial charge in [-0.05, 0) is 60.6 Å². The normalized spacial score (nSPS) is 14.2. The van der Waals surface area contributed by atoms with Crippen LogP contribution in [0.15, 0.2) is 72.8 Å². The maximum Gasteiger partial charge on any atom is 0.255 e. The second-order valence-electron chi connectivity index (χ2n) is 7.56. The van der Waals surface area contributed by atoms with Crippen molar-refractivity contribution in [3.8, 4) is 17.2 Å². The van der Waals surface area contributed by atoms with Crippen LogP contribution in [0.3, 0.4) is 0 Å². The van der Waals surface area contributed by atoms with E-state index in [0.29, 0.717) is 11.1 Å². The van der Waals surface area contributed by atoms with Crippen LogP contribution >= 0.6 is 0 Å². The van der Waals surface area contributed by atoms with Gasteiger partial charge in [0.2, 0.25) is 0 Å². The lowest BCUT2D eigenvalue weighted by Crippen LogP contribution is -2.44. The third-order valence-electron chi connectivity index (χ3n) is 5.47. The van der Waals surface area contributed by atoms with E-state index in [0.717, 1.165) is 48.7 Å². The van der Waals surface area contributed by atoms with Gasteiger partial charge < -0.3 is 15.1 Å². The van der Waals surface area contributed by atoms with Gasteiger partial charge in [-0.15, -0.1) is 0 Å². The molecule has 0 unspecified atom stereocenters. The quantitative estimate of drug-likeness (QED) is 0.717. The molecule has 1 N–H and O–H groups in total. The third-order valence-corrected chi connectivity index (χ3v) is 5.47. The van der Waals surface area contributed by atoms with Crippen molar-refractivity contribution in [3.05, 3.63) is 83.9 Å². The summed E-state index contributed by atoms with van der Waals surface area (Å²) in [4.78, 5) is 17.4. The fourth-order valence-electron chi connectivity index (χ4n) is 3.60. The van der Waals surface area contributed by atoms with Gasteiger partial charge in [0.1, 0.15) is 0 Å². The van der Waals surface area contributed by atoms with Gasteiger partial charge >= 0.3 is 0 Å². The molecule has 0 atom stereocenters. The predicted octanol–water partition coefficient (Wildman–Crippen LogP) is 4.23. The summed E-state index contributed by atoms with van der Waals surface area (Å²) in [5, 5.41) is 11.9. The minimum absolute atomic E-state index is 0.128. The van der Waals surface area contributed by atoms with Crippen molar-refractivity contribution in [2.45, 2.75) is 0 Å². The molecule has 1 heterocycles. The molecule has 0 saturated carbocycles. The predicted molar refractivity (Wildman–Crippen MR) is 121 cm³/mol. The van der Waals surface area contributed by atoms with E-state index >= 15 is 0 Å². The number of carbonyl (C=O) groups is 1. The summed E-state index contributed by atoms with van der Waals surface area (Å²) in [6.07, 6.45) is 0. The molecule has 5 nitrogen and oxygen atoms in total. The number of benzene rings is 3. The van der Waals surface area contributed by atoms with E-state index in [9.17, 15) is 4.79 Å². The highest BCUT2D eigenvalue weighted by molar-refractivity contribution is 6.04. The van der Waals surface area contributed by atoms with E-state index in [4.69, 9.17) is 5.26 Å². The molecule has 1 aliphatic heterocycles. The highest BCUT2D eigenvalue weighted by Gasteiger charge is 2.15. The lowest BCUT2D eigenvalue weighted by molar-refractivity contribution is 0.102. The third kappa shape index (κ3) is 4.51. The number of hydrogen-bond acceptors (Lipinski definition) is 4. The number of anilines is 2. The van der Waals surface area contributed by atoms with Gasteiger partial charge in [-0.2, -0.15) is 5.26 Å². The fraction of sp³-hybridized carbons (Fsp3) is 0.200. The molecule has 3 aromatic carbocycles. The van der Waals surface area contributed by atoms with Crippen molar-refractivity contribution >= 4 is 17.3 Å². The van der Waals surface area contributed by atoms with E-state index in [1.807, 2.05) is 54.6 Å². The van der Waals surface area contributed by atoms with Crippen molar-refractivity contribution in [2.75, 3.05) is 43.4 Å². The smallest absolute Gasteiger partial charge is 0.255 e. The van der Waals surface area contributed by atoms with Gasteiger partial charge in [0.15, 0.2) is 0 Å². The van der Waals surface area contributed by atoms with E-state index in [1.165, 1.54) is 0 Å². The van der Waals surface area contributed by atoms with Gasteiger partial charge in [0.05, 0.1) is 11.6 Å². The van der Waals surface area contributed by atoms with Crippen LogP contribution in [0.2, 0.25) is 0 Å². The summed E-state index contributed by atoms with van der Waals surface area (Å²) in [5.41, 5.74) is 5.20. The topological polar surface area (TPSA) is 59.4 Å². The molecule has 3 aromatic rings.